The van der Waals surface area contributed by atoms with Gasteiger partial charge in [0.1, 0.15) is 10.6 Å². The number of benzene rings is 1. The molecule has 0 aliphatic carbocycles. The lowest BCUT2D eigenvalue weighted by Gasteiger charge is -2.08. The van der Waals surface area contributed by atoms with E-state index in [1.165, 1.54) is 48.7 Å². The van der Waals surface area contributed by atoms with Gasteiger partial charge in [-0.15, -0.1) is 11.3 Å². The summed E-state index contributed by atoms with van der Waals surface area (Å²) in [6, 6.07) is 11.3. The molecule has 3 rings (SSSR count). The third-order valence-corrected chi connectivity index (χ3v) is 4.47. The molecule has 30 heavy (non-hydrogen) atoms. The number of thiophene rings is 1. The van der Waals surface area contributed by atoms with Crippen molar-refractivity contribution in [1.29, 1.82) is 0 Å². The number of carbonyl (C=O) groups is 3. The van der Waals surface area contributed by atoms with Gasteiger partial charge in [0.25, 0.3) is 11.8 Å². The molecule has 3 aromatic rings. The fraction of sp³-hybridized carbons (Fsp3) is 0.105. The van der Waals surface area contributed by atoms with Gasteiger partial charge in [0.2, 0.25) is 0 Å². The van der Waals surface area contributed by atoms with Crippen molar-refractivity contribution in [2.24, 2.45) is 0 Å². The molecular formula is C19H14F2N2O6S. The molecule has 156 valence electrons. The van der Waals surface area contributed by atoms with Crippen LogP contribution in [0.2, 0.25) is 0 Å². The van der Waals surface area contributed by atoms with Crippen molar-refractivity contribution in [2.45, 2.75) is 6.61 Å². The standard InChI is InChI=1S/C19H14F2N2O6S/c20-19(21)29-12-5-3-11(4-6-12)22-15(24)10-28-18(26)14-7-8-16(30-14)23-17(25)13-2-1-9-27-13/h1-9,19H,10H2,(H,22,24)(H,23,25). The first-order valence-corrected chi connectivity index (χ1v) is 9.19. The van der Waals surface area contributed by atoms with E-state index in [4.69, 9.17) is 9.15 Å². The zero-order valence-electron chi connectivity index (χ0n) is 15.1. The quantitative estimate of drug-likeness (QED) is 0.517. The number of alkyl halides is 2. The molecule has 8 nitrogen and oxygen atoms in total. The Morgan fingerprint density at radius 3 is 2.47 bits per heavy atom. The largest absolute Gasteiger partial charge is 0.459 e. The lowest BCUT2D eigenvalue weighted by molar-refractivity contribution is -0.119. The second kappa shape index (κ2) is 9.65. The van der Waals surface area contributed by atoms with Crippen LogP contribution in [0.3, 0.4) is 0 Å². The van der Waals surface area contributed by atoms with Crippen LogP contribution in [0.15, 0.2) is 59.2 Å². The number of ether oxygens (including phenoxy) is 2. The van der Waals surface area contributed by atoms with Gasteiger partial charge in [-0.25, -0.2) is 4.79 Å². The van der Waals surface area contributed by atoms with Gasteiger partial charge in [-0.2, -0.15) is 8.78 Å². The Morgan fingerprint density at radius 1 is 1.03 bits per heavy atom. The third-order valence-electron chi connectivity index (χ3n) is 3.49. The summed E-state index contributed by atoms with van der Waals surface area (Å²) in [4.78, 5) is 36.0. The van der Waals surface area contributed by atoms with E-state index in [9.17, 15) is 23.2 Å². The van der Waals surface area contributed by atoms with Crippen molar-refractivity contribution in [2.75, 3.05) is 17.2 Å². The molecule has 2 N–H and O–H groups in total. The number of furan rings is 1. The zero-order valence-corrected chi connectivity index (χ0v) is 15.9. The summed E-state index contributed by atoms with van der Waals surface area (Å²) in [6.07, 6.45) is 1.36. The van der Waals surface area contributed by atoms with Gasteiger partial charge in [-0.05, 0) is 48.5 Å². The van der Waals surface area contributed by atoms with Crippen LogP contribution in [0.4, 0.5) is 19.5 Å². The molecule has 2 amide bonds. The van der Waals surface area contributed by atoms with Crippen LogP contribution in [0.1, 0.15) is 20.2 Å². The molecular weight excluding hydrogens is 422 g/mol. The summed E-state index contributed by atoms with van der Waals surface area (Å²) < 4.78 is 38.3. The first-order chi connectivity index (χ1) is 14.4. The second-order valence-electron chi connectivity index (χ2n) is 5.62. The Hall–Kier alpha value is -3.73. The minimum Gasteiger partial charge on any atom is -0.459 e. The molecule has 0 atom stereocenters. The average Bonchev–Trinajstić information content (AvgIpc) is 3.39. The van der Waals surface area contributed by atoms with Crippen LogP contribution >= 0.6 is 11.3 Å². The molecule has 2 aromatic heterocycles. The Labute approximate surface area is 172 Å². The van der Waals surface area contributed by atoms with E-state index in [2.05, 4.69) is 15.4 Å². The topological polar surface area (TPSA) is 107 Å². The number of anilines is 2. The van der Waals surface area contributed by atoms with Gasteiger partial charge in [0.05, 0.1) is 11.3 Å². The van der Waals surface area contributed by atoms with Gasteiger partial charge in [-0.1, -0.05) is 0 Å². The van der Waals surface area contributed by atoms with Crippen LogP contribution in [0.5, 0.6) is 5.75 Å². The molecule has 0 bridgehead atoms. The summed E-state index contributed by atoms with van der Waals surface area (Å²) in [7, 11) is 0. The number of esters is 1. The summed E-state index contributed by atoms with van der Waals surface area (Å²) in [5.74, 6) is -1.76. The fourth-order valence-corrected chi connectivity index (χ4v) is 3.01. The number of hydrogen-bond donors (Lipinski definition) is 2. The molecule has 0 aliphatic rings. The molecule has 0 saturated carbocycles. The normalized spacial score (nSPS) is 10.5. The van der Waals surface area contributed by atoms with E-state index >= 15 is 0 Å². The van der Waals surface area contributed by atoms with Crippen LogP contribution < -0.4 is 15.4 Å². The van der Waals surface area contributed by atoms with E-state index in [0.29, 0.717) is 10.7 Å². The van der Waals surface area contributed by atoms with E-state index in [0.717, 1.165) is 11.3 Å². The van der Waals surface area contributed by atoms with Gasteiger partial charge in [0.15, 0.2) is 12.4 Å². The molecule has 0 fully saturated rings. The van der Waals surface area contributed by atoms with Gasteiger partial charge >= 0.3 is 12.6 Å². The van der Waals surface area contributed by atoms with E-state index in [1.54, 1.807) is 6.07 Å². The maximum absolute atomic E-state index is 12.1. The number of halogens is 2. The van der Waals surface area contributed by atoms with E-state index in [1.807, 2.05) is 0 Å². The fourth-order valence-electron chi connectivity index (χ4n) is 2.22. The smallest absolute Gasteiger partial charge is 0.387 e. The molecule has 11 heteroatoms. The number of rotatable bonds is 8. The summed E-state index contributed by atoms with van der Waals surface area (Å²) >= 11 is 0.974. The highest BCUT2D eigenvalue weighted by Gasteiger charge is 2.15. The predicted molar refractivity (Wildman–Crippen MR) is 103 cm³/mol. The maximum Gasteiger partial charge on any atom is 0.387 e. The van der Waals surface area contributed by atoms with Crippen molar-refractivity contribution in [3.63, 3.8) is 0 Å². The molecule has 2 heterocycles. The number of amides is 2. The van der Waals surface area contributed by atoms with Crippen LogP contribution in [0.25, 0.3) is 0 Å². The Balaban J connectivity index is 1.46. The number of nitrogens with one attached hydrogen (secondary N) is 2. The zero-order chi connectivity index (χ0) is 21.5. The molecule has 0 radical (unpaired) electrons. The minimum absolute atomic E-state index is 0.0536. The second-order valence-corrected chi connectivity index (χ2v) is 6.71. The molecule has 0 aliphatic heterocycles. The van der Waals surface area contributed by atoms with Crippen molar-refractivity contribution < 1.29 is 37.1 Å². The highest BCUT2D eigenvalue weighted by molar-refractivity contribution is 7.18. The maximum atomic E-state index is 12.1. The number of carbonyl (C=O) groups excluding carboxylic acids is 3. The minimum atomic E-state index is -2.94. The van der Waals surface area contributed by atoms with Crippen molar-refractivity contribution in [3.05, 3.63) is 65.4 Å². The lowest BCUT2D eigenvalue weighted by atomic mass is 10.3. The van der Waals surface area contributed by atoms with E-state index in [-0.39, 0.29) is 16.4 Å². The highest BCUT2D eigenvalue weighted by atomic mass is 32.1. The van der Waals surface area contributed by atoms with Crippen LogP contribution in [0, 0.1) is 0 Å². The molecule has 0 spiro atoms. The molecule has 1 aromatic carbocycles. The summed E-state index contributed by atoms with van der Waals surface area (Å²) in [6.45, 7) is -3.50. The lowest BCUT2D eigenvalue weighted by Crippen LogP contribution is -2.20. The highest BCUT2D eigenvalue weighted by Crippen LogP contribution is 2.23. The third kappa shape index (κ3) is 5.88. The van der Waals surface area contributed by atoms with Gasteiger partial charge in [0, 0.05) is 5.69 Å². The SMILES string of the molecule is O=C(COC(=O)c1ccc(NC(=O)c2ccco2)s1)Nc1ccc(OC(F)F)cc1. The molecule has 0 saturated heterocycles. The van der Waals surface area contributed by atoms with Gasteiger partial charge < -0.3 is 24.5 Å². The first-order valence-electron chi connectivity index (χ1n) is 8.37. The average molecular weight is 436 g/mol. The van der Waals surface area contributed by atoms with Crippen LogP contribution in [-0.4, -0.2) is 31.0 Å². The molecule has 0 unspecified atom stereocenters. The Bertz CT molecular complexity index is 1020. The van der Waals surface area contributed by atoms with Crippen LogP contribution in [-0.2, 0) is 9.53 Å². The van der Waals surface area contributed by atoms with Gasteiger partial charge in [-0.3, -0.25) is 9.59 Å². The number of hydrogen-bond acceptors (Lipinski definition) is 7. The van der Waals surface area contributed by atoms with E-state index < -0.39 is 31.0 Å². The van der Waals surface area contributed by atoms with Crippen molar-refractivity contribution >= 4 is 39.8 Å². The monoisotopic (exact) mass is 436 g/mol. The van der Waals surface area contributed by atoms with Crippen molar-refractivity contribution in [3.8, 4) is 5.75 Å². The summed E-state index contributed by atoms with van der Waals surface area (Å²) in [5, 5.41) is 5.43. The van der Waals surface area contributed by atoms with Crippen molar-refractivity contribution in [1.82, 2.24) is 0 Å². The summed E-state index contributed by atoms with van der Waals surface area (Å²) in [5.41, 5.74) is 0.316. The predicted octanol–water partition coefficient (Wildman–Crippen LogP) is 3.99. The first kappa shape index (κ1) is 21.0. The Morgan fingerprint density at radius 2 is 1.80 bits per heavy atom. The Kier molecular flexibility index (Phi) is 6.75.